The maximum atomic E-state index is 13.3. The third kappa shape index (κ3) is 8.55. The Kier molecular flexibility index (Phi) is 10.4. The number of para-hydroxylation sites is 2. The van der Waals surface area contributed by atoms with E-state index in [-0.39, 0.29) is 42.6 Å². The molecule has 1 N–H and O–H groups in total. The summed E-state index contributed by atoms with van der Waals surface area (Å²) < 4.78 is 58.6. The third-order valence-electron chi connectivity index (χ3n) is 6.03. The number of hydrogen-bond donors (Lipinski definition) is 1. The molecule has 1 fully saturated rings. The van der Waals surface area contributed by atoms with Crippen molar-refractivity contribution in [2.45, 2.75) is 0 Å². The lowest BCUT2D eigenvalue weighted by atomic mass is 10.2. The van der Waals surface area contributed by atoms with Crippen molar-refractivity contribution in [3.05, 3.63) is 82.4 Å². The van der Waals surface area contributed by atoms with E-state index in [1.54, 1.807) is 48.8 Å². The molecular formula is C29H29BrN6O7S. The number of morpholine rings is 1. The first-order chi connectivity index (χ1) is 21.4. The van der Waals surface area contributed by atoms with Gasteiger partial charge in [0.15, 0.2) is 17.3 Å². The molecule has 13 nitrogen and oxygen atoms in total. The number of rotatable bonds is 13. The number of nitrogens with zero attached hydrogens (tertiary/aromatic N) is 5. The zero-order chi connectivity index (χ0) is 30.8. The molecule has 0 spiro atoms. The number of ether oxygens (including phenoxy) is 5. The van der Waals surface area contributed by atoms with Crippen molar-refractivity contribution < 1.29 is 32.1 Å². The van der Waals surface area contributed by atoms with Crippen LogP contribution >= 0.6 is 15.9 Å². The molecule has 1 aliphatic heterocycles. The minimum Gasteiger partial charge on any atom is -0.493 e. The lowest BCUT2D eigenvalue weighted by Gasteiger charge is -2.28. The second kappa shape index (κ2) is 14.8. The standard InChI is InChI=1S/C29H29BrN6O7S/c1-39-23-9-5-6-10-24(23)43-25-26(35-44(37,38)18-11-21-7-3-2-4-8-21)33-28(36-12-14-40-15-13-36)34-27(25)41-16-17-42-29-31-19-22(30)20-32-29/h2-11,18-20H,12-17H2,1H3,(H,33,34,35)/b18-11+. The third-order valence-corrected chi connectivity index (χ3v) is 7.41. The van der Waals surface area contributed by atoms with Crippen LogP contribution in [-0.2, 0) is 14.8 Å². The quantitative estimate of drug-likeness (QED) is 0.197. The van der Waals surface area contributed by atoms with Crippen molar-refractivity contribution in [2.24, 2.45) is 0 Å². The summed E-state index contributed by atoms with van der Waals surface area (Å²) in [4.78, 5) is 19.2. The zero-order valence-electron chi connectivity index (χ0n) is 23.6. The van der Waals surface area contributed by atoms with Gasteiger partial charge in [-0.25, -0.2) is 18.4 Å². The molecule has 0 radical (unpaired) electrons. The van der Waals surface area contributed by atoms with E-state index in [9.17, 15) is 8.42 Å². The summed E-state index contributed by atoms with van der Waals surface area (Å²) in [5.41, 5.74) is 0.707. The highest BCUT2D eigenvalue weighted by Gasteiger charge is 2.26. The molecule has 0 amide bonds. The SMILES string of the molecule is COc1ccccc1Oc1c(NS(=O)(=O)/C=C/c2ccccc2)nc(N2CCOCC2)nc1OCCOc1ncc(Br)cn1. The van der Waals surface area contributed by atoms with Crippen LogP contribution < -0.4 is 28.6 Å². The van der Waals surface area contributed by atoms with Crippen molar-refractivity contribution >= 4 is 43.8 Å². The Morgan fingerprint density at radius 1 is 0.955 bits per heavy atom. The van der Waals surface area contributed by atoms with Crippen LogP contribution in [0.3, 0.4) is 0 Å². The lowest BCUT2D eigenvalue weighted by molar-refractivity contribution is 0.122. The Morgan fingerprint density at radius 3 is 2.36 bits per heavy atom. The van der Waals surface area contributed by atoms with Crippen LogP contribution in [0.25, 0.3) is 6.08 Å². The average Bonchev–Trinajstić information content (AvgIpc) is 3.05. The topological polar surface area (TPSA) is 147 Å². The second-order valence-corrected chi connectivity index (χ2v) is 11.6. The van der Waals surface area contributed by atoms with E-state index in [2.05, 4.69) is 40.6 Å². The molecule has 5 rings (SSSR count). The van der Waals surface area contributed by atoms with Gasteiger partial charge in [-0.05, 0) is 39.7 Å². The monoisotopic (exact) mass is 684 g/mol. The number of benzene rings is 2. The van der Waals surface area contributed by atoms with Gasteiger partial charge in [0.1, 0.15) is 13.2 Å². The zero-order valence-corrected chi connectivity index (χ0v) is 26.0. The van der Waals surface area contributed by atoms with Gasteiger partial charge in [-0.3, -0.25) is 4.72 Å². The average molecular weight is 686 g/mol. The van der Waals surface area contributed by atoms with Gasteiger partial charge in [-0.2, -0.15) is 9.97 Å². The number of anilines is 2. The minimum atomic E-state index is -4.07. The molecule has 1 saturated heterocycles. The van der Waals surface area contributed by atoms with Gasteiger partial charge in [0.25, 0.3) is 15.9 Å². The Bertz CT molecular complexity index is 1670. The van der Waals surface area contributed by atoms with Crippen LogP contribution in [0.2, 0.25) is 0 Å². The van der Waals surface area contributed by atoms with Gasteiger partial charge in [0, 0.05) is 25.5 Å². The lowest BCUT2D eigenvalue weighted by Crippen LogP contribution is -2.37. The van der Waals surface area contributed by atoms with Crippen molar-refractivity contribution in [3.8, 4) is 29.1 Å². The Labute approximate surface area is 263 Å². The smallest absolute Gasteiger partial charge is 0.316 e. The molecule has 2 aromatic carbocycles. The Hall–Kier alpha value is -4.47. The maximum absolute atomic E-state index is 13.3. The predicted octanol–water partition coefficient (Wildman–Crippen LogP) is 4.54. The fourth-order valence-corrected chi connectivity index (χ4v) is 4.96. The highest BCUT2D eigenvalue weighted by atomic mass is 79.9. The van der Waals surface area contributed by atoms with E-state index in [0.717, 1.165) is 5.41 Å². The van der Waals surface area contributed by atoms with Gasteiger partial charge in [0.2, 0.25) is 11.7 Å². The minimum absolute atomic E-state index is 0.00136. The van der Waals surface area contributed by atoms with Crippen LogP contribution in [0.4, 0.5) is 11.8 Å². The second-order valence-electron chi connectivity index (χ2n) is 9.10. The van der Waals surface area contributed by atoms with Crippen LogP contribution in [0.1, 0.15) is 5.56 Å². The summed E-state index contributed by atoms with van der Waals surface area (Å²) in [6.45, 7) is 1.98. The molecule has 0 atom stereocenters. The summed E-state index contributed by atoms with van der Waals surface area (Å²) in [6.07, 6.45) is 4.60. The van der Waals surface area contributed by atoms with E-state index >= 15 is 0 Å². The number of methoxy groups -OCH3 is 1. The molecule has 0 saturated carbocycles. The first-order valence-corrected chi connectivity index (χ1v) is 15.8. The summed E-state index contributed by atoms with van der Waals surface area (Å²) in [6, 6.07) is 16.1. The summed E-state index contributed by atoms with van der Waals surface area (Å²) >= 11 is 3.28. The number of sulfonamides is 1. The first kappa shape index (κ1) is 31.0. The van der Waals surface area contributed by atoms with E-state index in [1.807, 2.05) is 23.1 Å². The van der Waals surface area contributed by atoms with Gasteiger partial charge >= 0.3 is 6.01 Å². The molecular weight excluding hydrogens is 656 g/mol. The van der Waals surface area contributed by atoms with Crippen molar-refractivity contribution in [3.63, 3.8) is 0 Å². The Balaban J connectivity index is 1.50. The number of halogens is 1. The summed E-state index contributed by atoms with van der Waals surface area (Å²) in [5.74, 6) is 0.724. The molecule has 3 heterocycles. The number of hydrogen-bond acceptors (Lipinski definition) is 12. The van der Waals surface area contributed by atoms with E-state index < -0.39 is 10.0 Å². The number of nitrogens with one attached hydrogen (secondary N) is 1. The fourth-order valence-electron chi connectivity index (χ4n) is 3.94. The van der Waals surface area contributed by atoms with Crippen molar-refractivity contribution in [2.75, 3.05) is 56.2 Å². The van der Waals surface area contributed by atoms with Gasteiger partial charge in [-0.15, -0.1) is 0 Å². The molecule has 2 aromatic heterocycles. The summed E-state index contributed by atoms with van der Waals surface area (Å²) in [7, 11) is -2.57. The number of aromatic nitrogens is 4. The van der Waals surface area contributed by atoms with E-state index in [1.165, 1.54) is 13.2 Å². The molecule has 4 aromatic rings. The van der Waals surface area contributed by atoms with Crippen molar-refractivity contribution in [1.29, 1.82) is 0 Å². The maximum Gasteiger partial charge on any atom is 0.316 e. The molecule has 44 heavy (non-hydrogen) atoms. The van der Waals surface area contributed by atoms with Crippen LogP contribution in [0.15, 0.2) is 76.9 Å². The van der Waals surface area contributed by atoms with Gasteiger partial charge < -0.3 is 28.6 Å². The first-order valence-electron chi connectivity index (χ1n) is 13.4. The molecule has 0 bridgehead atoms. The van der Waals surface area contributed by atoms with E-state index in [0.29, 0.717) is 47.8 Å². The Morgan fingerprint density at radius 2 is 1.64 bits per heavy atom. The molecule has 15 heteroatoms. The highest BCUT2D eigenvalue weighted by Crippen LogP contribution is 2.41. The molecule has 1 aliphatic rings. The fraction of sp³-hybridized carbons (Fsp3) is 0.241. The molecule has 0 aliphatic carbocycles. The van der Waals surface area contributed by atoms with E-state index in [4.69, 9.17) is 23.7 Å². The van der Waals surface area contributed by atoms with Gasteiger partial charge in [-0.1, -0.05) is 42.5 Å². The van der Waals surface area contributed by atoms with Crippen LogP contribution in [0, 0.1) is 0 Å². The van der Waals surface area contributed by atoms with Crippen LogP contribution in [0.5, 0.6) is 29.1 Å². The normalized spacial score (nSPS) is 13.5. The molecule has 0 unspecified atom stereocenters. The van der Waals surface area contributed by atoms with Crippen LogP contribution in [-0.4, -0.2) is 75.0 Å². The summed E-state index contributed by atoms with van der Waals surface area (Å²) in [5, 5.41) is 1.05. The van der Waals surface area contributed by atoms with Gasteiger partial charge in [0.05, 0.1) is 30.2 Å². The molecule has 230 valence electrons. The highest BCUT2D eigenvalue weighted by molar-refractivity contribution is 9.10. The predicted molar refractivity (Wildman–Crippen MR) is 167 cm³/mol. The largest absolute Gasteiger partial charge is 0.493 e. The van der Waals surface area contributed by atoms with Crippen molar-refractivity contribution in [1.82, 2.24) is 19.9 Å².